The maximum atomic E-state index is 6.36. The Bertz CT molecular complexity index is 388. The quantitative estimate of drug-likeness (QED) is 0.835. The van der Waals surface area contributed by atoms with E-state index in [0.717, 1.165) is 18.1 Å². The second-order valence-corrected chi connectivity index (χ2v) is 6.10. The van der Waals surface area contributed by atoms with Gasteiger partial charge in [0.1, 0.15) is 0 Å². The van der Waals surface area contributed by atoms with Crippen molar-refractivity contribution in [1.82, 2.24) is 5.32 Å². The van der Waals surface area contributed by atoms with Crippen molar-refractivity contribution >= 4 is 11.6 Å². The summed E-state index contributed by atoms with van der Waals surface area (Å²) in [5.41, 5.74) is 1.65. The summed E-state index contributed by atoms with van der Waals surface area (Å²) < 4.78 is 0. The molecule has 2 rings (SSSR count). The van der Waals surface area contributed by atoms with Crippen LogP contribution in [0.15, 0.2) is 24.3 Å². The number of benzene rings is 1. The molecular weight excluding hydrogens is 230 g/mol. The number of hydrogen-bond donors (Lipinski definition) is 1. The number of nitrogens with one attached hydrogen (secondary N) is 1. The lowest BCUT2D eigenvalue weighted by molar-refractivity contribution is 0.120. The second-order valence-electron chi connectivity index (χ2n) is 5.69. The van der Waals surface area contributed by atoms with E-state index in [4.69, 9.17) is 11.6 Å². The van der Waals surface area contributed by atoms with Gasteiger partial charge in [0.25, 0.3) is 0 Å². The summed E-state index contributed by atoms with van der Waals surface area (Å²) in [7, 11) is 0. The van der Waals surface area contributed by atoms with Crippen molar-refractivity contribution in [3.63, 3.8) is 0 Å². The second kappa shape index (κ2) is 4.99. The molecule has 2 unspecified atom stereocenters. The lowest BCUT2D eigenvalue weighted by atomic mass is 9.63. The molecule has 1 fully saturated rings. The third-order valence-electron chi connectivity index (χ3n) is 4.58. The maximum absolute atomic E-state index is 6.36. The fraction of sp³-hybridized carbons (Fsp3) is 0.600. The molecule has 0 saturated carbocycles. The van der Waals surface area contributed by atoms with E-state index in [9.17, 15) is 0 Å². The summed E-state index contributed by atoms with van der Waals surface area (Å²) in [4.78, 5) is 0. The van der Waals surface area contributed by atoms with E-state index in [0.29, 0.717) is 17.3 Å². The summed E-state index contributed by atoms with van der Waals surface area (Å²) in [5, 5.41) is 4.42. The van der Waals surface area contributed by atoms with Crippen LogP contribution in [-0.4, -0.2) is 13.1 Å². The highest BCUT2D eigenvalue weighted by atomic mass is 35.5. The fourth-order valence-corrected chi connectivity index (χ4v) is 3.19. The summed E-state index contributed by atoms with van der Waals surface area (Å²) in [6.07, 6.45) is 1.22. The Kier molecular flexibility index (Phi) is 3.79. The average Bonchev–Trinajstić information content (AvgIpc) is 2.31. The van der Waals surface area contributed by atoms with E-state index >= 15 is 0 Å². The SMILES string of the molecule is CC(C)C1(C)CCNCC1c1ccccc1Cl. The molecule has 1 N–H and O–H groups in total. The van der Waals surface area contributed by atoms with Crippen molar-refractivity contribution in [2.75, 3.05) is 13.1 Å². The van der Waals surface area contributed by atoms with Crippen LogP contribution in [-0.2, 0) is 0 Å². The molecule has 2 atom stereocenters. The molecule has 1 aromatic rings. The zero-order valence-corrected chi connectivity index (χ0v) is 11.7. The monoisotopic (exact) mass is 251 g/mol. The lowest BCUT2D eigenvalue weighted by Gasteiger charge is -2.45. The van der Waals surface area contributed by atoms with Gasteiger partial charge in [0.05, 0.1) is 0 Å². The molecule has 94 valence electrons. The Hall–Kier alpha value is -0.530. The molecule has 0 aliphatic carbocycles. The smallest absolute Gasteiger partial charge is 0.0441 e. The van der Waals surface area contributed by atoms with E-state index in [-0.39, 0.29) is 0 Å². The normalized spacial score (nSPS) is 29.6. The highest BCUT2D eigenvalue weighted by molar-refractivity contribution is 6.31. The van der Waals surface area contributed by atoms with Gasteiger partial charge < -0.3 is 5.32 Å². The molecule has 1 aromatic carbocycles. The van der Waals surface area contributed by atoms with E-state index in [1.165, 1.54) is 12.0 Å². The molecule has 2 heteroatoms. The van der Waals surface area contributed by atoms with E-state index in [1.807, 2.05) is 12.1 Å². The third kappa shape index (κ3) is 2.36. The number of piperidine rings is 1. The molecule has 0 spiro atoms. The third-order valence-corrected chi connectivity index (χ3v) is 4.93. The van der Waals surface area contributed by atoms with Crippen LogP contribution in [0.2, 0.25) is 5.02 Å². The fourth-order valence-electron chi connectivity index (χ4n) is 2.93. The molecule has 17 heavy (non-hydrogen) atoms. The summed E-state index contributed by atoms with van der Waals surface area (Å²) in [5.74, 6) is 1.19. The van der Waals surface area contributed by atoms with Crippen LogP contribution >= 0.6 is 11.6 Å². The van der Waals surface area contributed by atoms with Crippen molar-refractivity contribution < 1.29 is 0 Å². The van der Waals surface area contributed by atoms with Gasteiger partial charge in [0.2, 0.25) is 0 Å². The summed E-state index contributed by atoms with van der Waals surface area (Å²) in [6, 6.07) is 8.29. The van der Waals surface area contributed by atoms with E-state index in [1.54, 1.807) is 0 Å². The Labute approximate surface area is 110 Å². The van der Waals surface area contributed by atoms with Crippen LogP contribution in [0.4, 0.5) is 0 Å². The van der Waals surface area contributed by atoms with E-state index < -0.39 is 0 Å². The largest absolute Gasteiger partial charge is 0.316 e. The topological polar surface area (TPSA) is 12.0 Å². The van der Waals surface area contributed by atoms with Crippen LogP contribution in [0, 0.1) is 11.3 Å². The molecule has 0 radical (unpaired) electrons. The van der Waals surface area contributed by atoms with Crippen LogP contribution in [0.25, 0.3) is 0 Å². The Morgan fingerprint density at radius 3 is 2.71 bits per heavy atom. The van der Waals surface area contributed by atoms with Gasteiger partial charge in [-0.3, -0.25) is 0 Å². The predicted octanol–water partition coefficient (Wildman–Crippen LogP) is 4.08. The maximum Gasteiger partial charge on any atom is 0.0441 e. The highest BCUT2D eigenvalue weighted by Crippen LogP contribution is 2.47. The minimum Gasteiger partial charge on any atom is -0.316 e. The van der Waals surface area contributed by atoms with Crippen LogP contribution in [0.1, 0.15) is 38.7 Å². The van der Waals surface area contributed by atoms with Gasteiger partial charge >= 0.3 is 0 Å². The van der Waals surface area contributed by atoms with Crippen molar-refractivity contribution in [1.29, 1.82) is 0 Å². The van der Waals surface area contributed by atoms with Crippen molar-refractivity contribution in [3.8, 4) is 0 Å². The first-order valence-corrected chi connectivity index (χ1v) is 6.88. The predicted molar refractivity (Wildman–Crippen MR) is 74.6 cm³/mol. The van der Waals surface area contributed by atoms with Gasteiger partial charge in [0, 0.05) is 17.5 Å². The minimum atomic E-state index is 0.343. The van der Waals surface area contributed by atoms with Gasteiger partial charge in [0.15, 0.2) is 0 Å². The standard InChI is InChI=1S/C15H22ClN/c1-11(2)15(3)8-9-17-10-13(15)12-6-4-5-7-14(12)16/h4-7,11,13,17H,8-10H2,1-3H3. The van der Waals surface area contributed by atoms with E-state index in [2.05, 4.69) is 38.2 Å². The first-order chi connectivity index (χ1) is 8.05. The first-order valence-electron chi connectivity index (χ1n) is 6.51. The minimum absolute atomic E-state index is 0.343. The van der Waals surface area contributed by atoms with Crippen LogP contribution in [0.5, 0.6) is 0 Å². The van der Waals surface area contributed by atoms with Gasteiger partial charge in [-0.05, 0) is 35.9 Å². The Morgan fingerprint density at radius 1 is 1.35 bits per heavy atom. The van der Waals surface area contributed by atoms with Crippen molar-refractivity contribution in [3.05, 3.63) is 34.9 Å². The Balaban J connectivity index is 2.38. The van der Waals surface area contributed by atoms with Crippen molar-refractivity contribution in [2.24, 2.45) is 11.3 Å². The molecule has 0 amide bonds. The van der Waals surface area contributed by atoms with Gasteiger partial charge in [-0.2, -0.15) is 0 Å². The van der Waals surface area contributed by atoms with Crippen LogP contribution < -0.4 is 5.32 Å². The average molecular weight is 252 g/mol. The zero-order chi connectivity index (χ0) is 12.5. The lowest BCUT2D eigenvalue weighted by Crippen LogP contribution is -2.44. The molecule has 1 saturated heterocycles. The zero-order valence-electron chi connectivity index (χ0n) is 11.0. The van der Waals surface area contributed by atoms with Gasteiger partial charge in [-0.1, -0.05) is 50.6 Å². The highest BCUT2D eigenvalue weighted by Gasteiger charge is 2.40. The summed E-state index contributed by atoms with van der Waals surface area (Å²) >= 11 is 6.36. The number of hydrogen-bond acceptors (Lipinski definition) is 1. The molecule has 1 heterocycles. The molecule has 0 aromatic heterocycles. The number of halogens is 1. The molecule has 1 nitrogen and oxygen atoms in total. The molecule has 1 aliphatic rings. The van der Waals surface area contributed by atoms with Crippen LogP contribution in [0.3, 0.4) is 0 Å². The van der Waals surface area contributed by atoms with Gasteiger partial charge in [-0.15, -0.1) is 0 Å². The number of rotatable bonds is 2. The first kappa shape index (κ1) is 12.9. The molecule has 1 aliphatic heterocycles. The Morgan fingerprint density at radius 2 is 2.06 bits per heavy atom. The van der Waals surface area contributed by atoms with Crippen molar-refractivity contribution in [2.45, 2.75) is 33.1 Å². The molecular formula is C15H22ClN. The molecule has 0 bridgehead atoms. The summed E-state index contributed by atoms with van der Waals surface area (Å²) in [6.45, 7) is 9.23. The van der Waals surface area contributed by atoms with Gasteiger partial charge in [-0.25, -0.2) is 0 Å².